The number of carbonyl (C=O) groups excluding carboxylic acids is 2. The predicted octanol–water partition coefficient (Wildman–Crippen LogP) is 5.94. The van der Waals surface area contributed by atoms with E-state index in [9.17, 15) is 9.59 Å². The van der Waals surface area contributed by atoms with E-state index in [2.05, 4.69) is 38.2 Å². The Morgan fingerprint density at radius 3 is 2.48 bits per heavy atom. The average molecular weight is 464 g/mol. The molecule has 0 spiro atoms. The molecule has 1 saturated carbocycles. The molecule has 33 heavy (non-hydrogen) atoms. The second-order valence-corrected chi connectivity index (χ2v) is 11.3. The molecule has 1 aliphatic heterocycles. The summed E-state index contributed by atoms with van der Waals surface area (Å²) in [5.41, 5.74) is 2.66. The Balaban J connectivity index is 1.55. The summed E-state index contributed by atoms with van der Waals surface area (Å²) in [5, 5.41) is 5.36. The number of benzene rings is 1. The van der Waals surface area contributed by atoms with Gasteiger partial charge in [0.2, 0.25) is 5.91 Å². The third-order valence-corrected chi connectivity index (χ3v) is 8.42. The van der Waals surface area contributed by atoms with Crippen molar-refractivity contribution < 1.29 is 9.59 Å². The second-order valence-electron chi connectivity index (χ2n) is 10.4. The number of carbonyl (C=O) groups is 2. The minimum absolute atomic E-state index is 0.0638. The van der Waals surface area contributed by atoms with Gasteiger partial charge in [-0.1, -0.05) is 32.9 Å². The van der Waals surface area contributed by atoms with E-state index < -0.39 is 5.54 Å². The fraction of sp³-hybridized carbons (Fsp3) is 0.481. The molecule has 3 aromatic rings. The molecule has 0 saturated heterocycles. The van der Waals surface area contributed by atoms with Gasteiger partial charge in [0.15, 0.2) is 0 Å². The Morgan fingerprint density at radius 2 is 1.82 bits per heavy atom. The summed E-state index contributed by atoms with van der Waals surface area (Å²) in [6.45, 7) is 8.95. The quantitative estimate of drug-likeness (QED) is 0.521. The number of hydrogen-bond donors (Lipinski definition) is 1. The van der Waals surface area contributed by atoms with Gasteiger partial charge in [0.25, 0.3) is 5.91 Å². The van der Waals surface area contributed by atoms with Crippen LogP contribution in [0.1, 0.15) is 75.3 Å². The molecular weight excluding hydrogens is 430 g/mol. The fourth-order valence-corrected chi connectivity index (χ4v) is 6.19. The molecule has 2 aliphatic rings. The highest BCUT2D eigenvalue weighted by Crippen LogP contribution is 2.38. The topological polar surface area (TPSA) is 54.3 Å². The van der Waals surface area contributed by atoms with Crippen molar-refractivity contribution in [1.29, 1.82) is 0 Å². The Morgan fingerprint density at radius 1 is 1.12 bits per heavy atom. The van der Waals surface area contributed by atoms with Gasteiger partial charge in [0, 0.05) is 11.7 Å². The van der Waals surface area contributed by atoms with E-state index in [0.29, 0.717) is 18.2 Å². The van der Waals surface area contributed by atoms with Crippen molar-refractivity contribution in [3.63, 3.8) is 0 Å². The molecule has 1 aromatic carbocycles. The van der Waals surface area contributed by atoms with E-state index in [4.69, 9.17) is 0 Å². The lowest BCUT2D eigenvalue weighted by atomic mass is 9.86. The highest BCUT2D eigenvalue weighted by molar-refractivity contribution is 7.17. The molecule has 6 heteroatoms. The Hall–Kier alpha value is -2.60. The van der Waals surface area contributed by atoms with Crippen LogP contribution in [0.25, 0.3) is 10.2 Å². The maximum Gasteiger partial charge on any atom is 0.275 e. The lowest BCUT2D eigenvalue weighted by Crippen LogP contribution is -2.65. The SMILES string of the molecule is CC1CCC(NC(=O)[C@@]2(C)Cn3c(cc4sccc43)C(=O)N2c2ccc(C(C)C)cc2)CC1. The molecule has 1 fully saturated rings. The van der Waals surface area contributed by atoms with Crippen LogP contribution >= 0.6 is 11.3 Å². The first kappa shape index (κ1) is 22.2. The maximum absolute atomic E-state index is 13.9. The van der Waals surface area contributed by atoms with Gasteiger partial charge < -0.3 is 9.88 Å². The van der Waals surface area contributed by atoms with E-state index >= 15 is 0 Å². The Kier molecular flexibility index (Phi) is 5.60. The van der Waals surface area contributed by atoms with Gasteiger partial charge in [-0.05, 0) is 79.7 Å². The van der Waals surface area contributed by atoms with Crippen molar-refractivity contribution in [3.8, 4) is 0 Å². The molecule has 0 radical (unpaired) electrons. The van der Waals surface area contributed by atoms with Crippen LogP contribution in [0.15, 0.2) is 41.8 Å². The van der Waals surface area contributed by atoms with Crippen LogP contribution in [-0.2, 0) is 11.3 Å². The summed E-state index contributed by atoms with van der Waals surface area (Å²) >= 11 is 1.63. The summed E-state index contributed by atoms with van der Waals surface area (Å²) in [4.78, 5) is 29.5. The monoisotopic (exact) mass is 463 g/mol. The minimum atomic E-state index is -1.01. The van der Waals surface area contributed by atoms with Gasteiger partial charge in [-0.3, -0.25) is 14.5 Å². The van der Waals surface area contributed by atoms with Gasteiger partial charge >= 0.3 is 0 Å². The number of nitrogens with zero attached hydrogens (tertiary/aromatic N) is 2. The average Bonchev–Trinajstić information content (AvgIpc) is 3.38. The van der Waals surface area contributed by atoms with E-state index in [0.717, 1.165) is 47.5 Å². The molecule has 1 atom stereocenters. The first-order valence-electron chi connectivity index (χ1n) is 12.1. The fourth-order valence-electron chi connectivity index (χ4n) is 5.37. The smallest absolute Gasteiger partial charge is 0.275 e. The van der Waals surface area contributed by atoms with E-state index in [1.165, 1.54) is 5.56 Å². The molecule has 2 aromatic heterocycles. The summed E-state index contributed by atoms with van der Waals surface area (Å²) in [6.07, 6.45) is 4.28. The van der Waals surface area contributed by atoms with Crippen molar-refractivity contribution in [2.24, 2.45) is 5.92 Å². The molecule has 3 heterocycles. The lowest BCUT2D eigenvalue weighted by Gasteiger charge is -2.45. The van der Waals surface area contributed by atoms with Crippen LogP contribution in [-0.4, -0.2) is 28.0 Å². The Labute approximate surface area is 199 Å². The first-order valence-corrected chi connectivity index (χ1v) is 13.0. The molecule has 1 aliphatic carbocycles. The van der Waals surface area contributed by atoms with Crippen molar-refractivity contribution in [1.82, 2.24) is 9.88 Å². The largest absolute Gasteiger partial charge is 0.351 e. The van der Waals surface area contributed by atoms with Crippen LogP contribution < -0.4 is 10.2 Å². The van der Waals surface area contributed by atoms with Crippen molar-refractivity contribution in [2.45, 2.75) is 77.4 Å². The van der Waals surface area contributed by atoms with Crippen LogP contribution in [0.4, 0.5) is 5.69 Å². The summed E-state index contributed by atoms with van der Waals surface area (Å²) in [5.74, 6) is 0.946. The van der Waals surface area contributed by atoms with Gasteiger partial charge in [0.1, 0.15) is 11.2 Å². The van der Waals surface area contributed by atoms with E-state index in [1.54, 1.807) is 16.2 Å². The standard InChI is InChI=1S/C27H33N3O2S/c1-17(2)19-7-11-21(12-8-19)30-25(31)23-15-24-22(13-14-33-24)29(23)16-27(30,4)26(32)28-20-9-5-18(3)6-10-20/h7-8,11-15,17-18,20H,5-6,9-10,16H2,1-4H3,(H,28,32)/t18?,20?,27-/m1/s1. The minimum Gasteiger partial charge on any atom is -0.351 e. The zero-order chi connectivity index (χ0) is 23.3. The first-order chi connectivity index (χ1) is 15.8. The van der Waals surface area contributed by atoms with Gasteiger partial charge in [0.05, 0.1) is 16.8 Å². The lowest BCUT2D eigenvalue weighted by molar-refractivity contribution is -0.127. The summed E-state index contributed by atoms with van der Waals surface area (Å²) < 4.78 is 3.12. The number of rotatable bonds is 4. The Bertz CT molecular complexity index is 1180. The normalized spacial score (nSPS) is 25.5. The summed E-state index contributed by atoms with van der Waals surface area (Å²) in [7, 11) is 0. The van der Waals surface area contributed by atoms with Crippen molar-refractivity contribution in [2.75, 3.05) is 4.90 Å². The number of anilines is 1. The van der Waals surface area contributed by atoms with Crippen LogP contribution in [0.2, 0.25) is 0 Å². The molecule has 0 unspecified atom stereocenters. The highest BCUT2D eigenvalue weighted by Gasteiger charge is 2.49. The van der Waals surface area contributed by atoms with E-state index in [1.807, 2.05) is 41.1 Å². The van der Waals surface area contributed by atoms with Gasteiger partial charge in [-0.15, -0.1) is 11.3 Å². The van der Waals surface area contributed by atoms with Gasteiger partial charge in [-0.25, -0.2) is 0 Å². The molecule has 0 bridgehead atoms. The van der Waals surface area contributed by atoms with E-state index in [-0.39, 0.29) is 17.9 Å². The molecule has 1 N–H and O–H groups in total. The number of nitrogens with one attached hydrogen (secondary N) is 1. The molecule has 174 valence electrons. The molecule has 5 nitrogen and oxygen atoms in total. The van der Waals surface area contributed by atoms with Crippen LogP contribution in [0.5, 0.6) is 0 Å². The maximum atomic E-state index is 13.9. The third-order valence-electron chi connectivity index (χ3n) is 7.56. The summed E-state index contributed by atoms with van der Waals surface area (Å²) in [6, 6.07) is 12.3. The number of amides is 2. The number of thiophene rings is 1. The number of fused-ring (bicyclic) bond motifs is 3. The number of aromatic nitrogens is 1. The molecule has 5 rings (SSSR count). The van der Waals surface area contributed by atoms with Crippen molar-refractivity contribution >= 4 is 39.1 Å². The van der Waals surface area contributed by atoms with Crippen molar-refractivity contribution in [3.05, 3.63) is 53.0 Å². The zero-order valence-electron chi connectivity index (χ0n) is 19.9. The predicted molar refractivity (Wildman–Crippen MR) is 135 cm³/mol. The third kappa shape index (κ3) is 3.78. The highest BCUT2D eigenvalue weighted by atomic mass is 32.1. The van der Waals surface area contributed by atoms with Crippen LogP contribution in [0, 0.1) is 5.92 Å². The molecular formula is C27H33N3O2S. The molecule has 2 amide bonds. The van der Waals surface area contributed by atoms with Gasteiger partial charge in [-0.2, -0.15) is 0 Å². The zero-order valence-corrected chi connectivity index (χ0v) is 20.7. The number of hydrogen-bond acceptors (Lipinski definition) is 3. The second kappa shape index (κ2) is 8.32. The van der Waals surface area contributed by atoms with Crippen LogP contribution in [0.3, 0.4) is 0 Å².